The maximum Gasteiger partial charge on any atom is 0.211 e. The second kappa shape index (κ2) is 11.0. The molecule has 6 rings (SSSR count). The summed E-state index contributed by atoms with van der Waals surface area (Å²) in [4.78, 5) is 21.9. The second-order valence-corrected chi connectivity index (χ2v) is 10.5. The van der Waals surface area contributed by atoms with Crippen LogP contribution >= 0.6 is 0 Å². The first kappa shape index (κ1) is 24.1. The van der Waals surface area contributed by atoms with Gasteiger partial charge >= 0.3 is 0 Å². The molecule has 37 heavy (non-hydrogen) atoms. The molecule has 1 fully saturated rings. The van der Waals surface area contributed by atoms with Crippen molar-refractivity contribution in [3.8, 4) is 0 Å². The molecule has 4 aromatic rings. The number of imidazole rings is 1. The molecule has 2 aliphatic rings. The van der Waals surface area contributed by atoms with Crippen LogP contribution < -0.4 is 4.90 Å². The van der Waals surface area contributed by atoms with Gasteiger partial charge in [0.2, 0.25) is 5.95 Å². The Kier molecular flexibility index (Phi) is 7.15. The number of pyridine rings is 1. The molecule has 7 nitrogen and oxygen atoms in total. The van der Waals surface area contributed by atoms with Gasteiger partial charge in [-0.25, -0.2) is 9.97 Å². The molecule has 0 bridgehead atoms. The van der Waals surface area contributed by atoms with Crippen LogP contribution in [0.15, 0.2) is 67.1 Å². The molecule has 1 saturated heterocycles. The van der Waals surface area contributed by atoms with Crippen LogP contribution in [0.4, 0.5) is 5.95 Å². The number of anilines is 1. The van der Waals surface area contributed by atoms with Gasteiger partial charge in [-0.1, -0.05) is 36.4 Å². The third-order valence-electron chi connectivity index (χ3n) is 7.96. The summed E-state index contributed by atoms with van der Waals surface area (Å²) in [5, 5.41) is 0. The molecule has 0 N–H and O–H groups in total. The Balaban J connectivity index is 1.08. The molecule has 0 saturated carbocycles. The normalized spacial score (nSPS) is 18.4. The standard InChI is InChI=1S/C30H37N7/c1-34(27-13-5-11-25-12-6-15-31-29(25)27)22-26-23-37-28(33-26)14-16-32-30(37)36-20-18-35(19-21-36)17-7-10-24-8-3-2-4-9-24/h2-4,6,8-9,12,14-16,23,27H,5,7,10-11,13,17-22H2,1H3/t27-/m0/s1. The third kappa shape index (κ3) is 5.38. The van der Waals surface area contributed by atoms with Gasteiger partial charge in [-0.15, -0.1) is 0 Å². The highest BCUT2D eigenvalue weighted by molar-refractivity contribution is 5.48. The van der Waals surface area contributed by atoms with Crippen LogP contribution in [0.3, 0.4) is 0 Å². The topological polar surface area (TPSA) is 52.8 Å². The van der Waals surface area contributed by atoms with E-state index in [1.807, 2.05) is 18.5 Å². The maximum absolute atomic E-state index is 4.97. The fraction of sp³-hybridized carbons (Fsp3) is 0.433. The van der Waals surface area contributed by atoms with Crippen LogP contribution in [0.25, 0.3) is 5.65 Å². The minimum Gasteiger partial charge on any atom is -0.339 e. The van der Waals surface area contributed by atoms with Crippen LogP contribution in [0.5, 0.6) is 0 Å². The summed E-state index contributed by atoms with van der Waals surface area (Å²) < 4.78 is 2.18. The molecule has 3 aromatic heterocycles. The fourth-order valence-corrected chi connectivity index (χ4v) is 5.97. The Morgan fingerprint density at radius 1 is 0.946 bits per heavy atom. The molecule has 4 heterocycles. The lowest BCUT2D eigenvalue weighted by Gasteiger charge is -2.35. The van der Waals surface area contributed by atoms with Crippen molar-refractivity contribution in [1.82, 2.24) is 29.2 Å². The Hall–Kier alpha value is -3.29. The van der Waals surface area contributed by atoms with Crippen LogP contribution in [0.1, 0.15) is 47.8 Å². The summed E-state index contributed by atoms with van der Waals surface area (Å²) in [6, 6.07) is 17.5. The van der Waals surface area contributed by atoms with Crippen molar-refractivity contribution in [2.75, 3.05) is 44.7 Å². The van der Waals surface area contributed by atoms with Crippen LogP contribution in [0, 0.1) is 0 Å². The van der Waals surface area contributed by atoms with Gasteiger partial charge in [0.05, 0.1) is 17.4 Å². The first-order valence-corrected chi connectivity index (χ1v) is 13.7. The smallest absolute Gasteiger partial charge is 0.211 e. The SMILES string of the molecule is CN(Cc1cn2c(N3CCN(CCCc4ccccc4)CC3)nccc2n1)[C@H]1CCCc2cccnc21. The summed E-state index contributed by atoms with van der Waals surface area (Å²) in [7, 11) is 2.20. The van der Waals surface area contributed by atoms with E-state index in [0.717, 1.165) is 75.8 Å². The van der Waals surface area contributed by atoms with Gasteiger partial charge in [-0.2, -0.15) is 0 Å². The molecule has 1 atom stereocenters. The number of piperazine rings is 1. The molecule has 0 radical (unpaired) electrons. The highest BCUT2D eigenvalue weighted by Gasteiger charge is 2.26. The lowest BCUT2D eigenvalue weighted by atomic mass is 9.91. The van der Waals surface area contributed by atoms with Gasteiger partial charge in [0, 0.05) is 51.3 Å². The summed E-state index contributed by atoms with van der Waals surface area (Å²) in [6.07, 6.45) is 11.9. The number of hydrogen-bond acceptors (Lipinski definition) is 6. The van der Waals surface area contributed by atoms with Crippen molar-refractivity contribution in [3.63, 3.8) is 0 Å². The number of aromatic nitrogens is 4. The molecule has 1 aliphatic heterocycles. The van der Waals surface area contributed by atoms with E-state index < -0.39 is 0 Å². The third-order valence-corrected chi connectivity index (χ3v) is 7.96. The van der Waals surface area contributed by atoms with Crippen molar-refractivity contribution >= 4 is 11.6 Å². The molecule has 7 heteroatoms. The molecule has 1 aliphatic carbocycles. The van der Waals surface area contributed by atoms with E-state index in [1.54, 1.807) is 0 Å². The largest absolute Gasteiger partial charge is 0.339 e. The molecule has 1 aromatic carbocycles. The molecular weight excluding hydrogens is 458 g/mol. The number of nitrogens with zero attached hydrogens (tertiary/aromatic N) is 7. The summed E-state index contributed by atoms with van der Waals surface area (Å²) in [5.74, 6) is 1.01. The van der Waals surface area contributed by atoms with E-state index in [-0.39, 0.29) is 0 Å². The molecule has 192 valence electrons. The predicted molar refractivity (Wildman–Crippen MR) is 148 cm³/mol. The van der Waals surface area contributed by atoms with Crippen molar-refractivity contribution in [3.05, 3.63) is 89.6 Å². The predicted octanol–water partition coefficient (Wildman–Crippen LogP) is 4.39. The van der Waals surface area contributed by atoms with Gasteiger partial charge < -0.3 is 4.90 Å². The van der Waals surface area contributed by atoms with Gasteiger partial charge in [-0.05, 0) is 69.0 Å². The van der Waals surface area contributed by atoms with Crippen LogP contribution in [-0.4, -0.2) is 68.9 Å². The van der Waals surface area contributed by atoms with Crippen molar-refractivity contribution in [2.24, 2.45) is 0 Å². The molecular formula is C30H37N7. The van der Waals surface area contributed by atoms with Gasteiger partial charge in [-0.3, -0.25) is 19.2 Å². The van der Waals surface area contributed by atoms with E-state index in [2.05, 4.69) is 74.8 Å². The molecule has 0 unspecified atom stereocenters. The lowest BCUT2D eigenvalue weighted by molar-refractivity contribution is 0.206. The Labute approximate surface area is 219 Å². The fourth-order valence-electron chi connectivity index (χ4n) is 5.97. The van der Waals surface area contributed by atoms with Crippen LogP contribution in [0.2, 0.25) is 0 Å². The zero-order valence-electron chi connectivity index (χ0n) is 21.8. The first-order valence-electron chi connectivity index (χ1n) is 13.7. The zero-order valence-corrected chi connectivity index (χ0v) is 21.8. The number of rotatable bonds is 8. The zero-order chi connectivity index (χ0) is 25.0. The number of fused-ring (bicyclic) bond motifs is 2. The van der Waals surface area contributed by atoms with E-state index in [0.29, 0.717) is 6.04 Å². The Bertz CT molecular complexity index is 1310. The highest BCUT2D eigenvalue weighted by atomic mass is 15.3. The number of hydrogen-bond donors (Lipinski definition) is 0. The van der Waals surface area contributed by atoms with Crippen LogP contribution in [-0.2, 0) is 19.4 Å². The first-order chi connectivity index (χ1) is 18.2. The Morgan fingerprint density at radius 3 is 2.68 bits per heavy atom. The van der Waals surface area contributed by atoms with E-state index >= 15 is 0 Å². The van der Waals surface area contributed by atoms with E-state index in [4.69, 9.17) is 15.0 Å². The minimum absolute atomic E-state index is 0.349. The summed E-state index contributed by atoms with van der Waals surface area (Å²) in [5.41, 5.74) is 6.12. The Morgan fingerprint density at radius 2 is 1.81 bits per heavy atom. The molecule has 0 spiro atoms. The van der Waals surface area contributed by atoms with Gasteiger partial charge in [0.15, 0.2) is 0 Å². The average Bonchev–Trinajstić information content (AvgIpc) is 3.36. The van der Waals surface area contributed by atoms with E-state index in [1.165, 1.54) is 29.7 Å². The quantitative estimate of drug-likeness (QED) is 0.361. The maximum atomic E-state index is 4.97. The minimum atomic E-state index is 0.349. The van der Waals surface area contributed by atoms with Crippen molar-refractivity contribution in [1.29, 1.82) is 0 Å². The van der Waals surface area contributed by atoms with Gasteiger partial charge in [0.25, 0.3) is 0 Å². The number of aryl methyl sites for hydroxylation is 2. The molecule has 0 amide bonds. The average molecular weight is 496 g/mol. The van der Waals surface area contributed by atoms with Crippen molar-refractivity contribution in [2.45, 2.75) is 44.7 Å². The van der Waals surface area contributed by atoms with E-state index in [9.17, 15) is 0 Å². The van der Waals surface area contributed by atoms with Gasteiger partial charge in [0.1, 0.15) is 5.65 Å². The lowest BCUT2D eigenvalue weighted by Crippen LogP contribution is -2.47. The summed E-state index contributed by atoms with van der Waals surface area (Å²) >= 11 is 0. The summed E-state index contributed by atoms with van der Waals surface area (Å²) in [6.45, 7) is 6.10. The van der Waals surface area contributed by atoms with Crippen molar-refractivity contribution < 1.29 is 0 Å². The number of benzene rings is 1. The second-order valence-electron chi connectivity index (χ2n) is 10.5. The highest BCUT2D eigenvalue weighted by Crippen LogP contribution is 2.32. The monoisotopic (exact) mass is 495 g/mol.